The van der Waals surface area contributed by atoms with Gasteiger partial charge in [0.05, 0.1) is 7.11 Å². The number of allylic oxidation sites excluding steroid dienone is 4. The average Bonchev–Trinajstić information content (AvgIpc) is 3.11. The first-order chi connectivity index (χ1) is 23.9. The second-order valence-electron chi connectivity index (χ2n) is 16.5. The zero-order valence-corrected chi connectivity index (χ0v) is 33.1. The summed E-state index contributed by atoms with van der Waals surface area (Å²) in [6, 6.07) is 13.3. The van der Waals surface area contributed by atoms with Crippen LogP contribution in [-0.2, 0) is 16.6 Å². The third-order valence-corrected chi connectivity index (χ3v) is 12.4. The summed E-state index contributed by atoms with van der Waals surface area (Å²) in [7, 11) is 4.05. The van der Waals surface area contributed by atoms with Gasteiger partial charge in [0.15, 0.2) is 0 Å². The predicted octanol–water partition coefficient (Wildman–Crippen LogP) is 11.9. The van der Waals surface area contributed by atoms with E-state index >= 15 is 0 Å². The molecule has 0 aromatic heterocycles. The first-order valence-electron chi connectivity index (χ1n) is 19.7. The lowest BCUT2D eigenvalue weighted by molar-refractivity contribution is 0.215. The molecule has 0 saturated heterocycles. The molecule has 2 fully saturated rings. The Hall–Kier alpha value is -3.40. The highest BCUT2D eigenvalue weighted by Crippen LogP contribution is 2.47. The van der Waals surface area contributed by atoms with Crippen molar-refractivity contribution < 1.29 is 4.74 Å². The highest BCUT2D eigenvalue weighted by molar-refractivity contribution is 5.77. The molecule has 50 heavy (non-hydrogen) atoms. The molecule has 4 heteroatoms. The van der Waals surface area contributed by atoms with Crippen LogP contribution in [0.4, 0.5) is 11.4 Å². The van der Waals surface area contributed by atoms with Gasteiger partial charge in [0, 0.05) is 59.4 Å². The number of aryl methyl sites for hydroxylation is 1. The Morgan fingerprint density at radius 3 is 2.32 bits per heavy atom. The summed E-state index contributed by atoms with van der Waals surface area (Å²) < 4.78 is 5.91. The number of benzene rings is 2. The Labute approximate surface area is 305 Å². The van der Waals surface area contributed by atoms with Crippen LogP contribution in [0.2, 0.25) is 0 Å². The number of ether oxygens (including phenoxy) is 1. The van der Waals surface area contributed by atoms with Crippen LogP contribution in [-0.4, -0.2) is 32.8 Å². The van der Waals surface area contributed by atoms with Crippen LogP contribution in [0, 0.1) is 12.3 Å². The van der Waals surface area contributed by atoms with Gasteiger partial charge in [-0.1, -0.05) is 77.3 Å². The highest BCUT2D eigenvalue weighted by Gasteiger charge is 2.35. The molecule has 2 saturated carbocycles. The Kier molecular flexibility index (Phi) is 12.0. The lowest BCUT2D eigenvalue weighted by atomic mass is 9.68. The largest absolute Gasteiger partial charge is 0.496 e. The Balaban J connectivity index is 1.64. The van der Waals surface area contributed by atoms with Crippen LogP contribution >= 0.6 is 0 Å². The van der Waals surface area contributed by atoms with E-state index in [0.717, 1.165) is 43.0 Å². The molecule has 2 aliphatic carbocycles. The van der Waals surface area contributed by atoms with Crippen LogP contribution in [0.5, 0.6) is 0 Å². The summed E-state index contributed by atoms with van der Waals surface area (Å²) >= 11 is 0. The van der Waals surface area contributed by atoms with Crippen LogP contribution < -0.4 is 15.1 Å². The fourth-order valence-corrected chi connectivity index (χ4v) is 9.11. The van der Waals surface area contributed by atoms with Gasteiger partial charge in [-0.05, 0) is 131 Å². The van der Waals surface area contributed by atoms with Gasteiger partial charge in [0.1, 0.15) is 5.76 Å². The lowest BCUT2D eigenvalue weighted by Crippen LogP contribution is -2.41. The molecular weight excluding hydrogens is 611 g/mol. The molecule has 3 aliphatic rings. The number of dihydropyridines is 1. The second kappa shape index (κ2) is 15.9. The molecule has 4 nitrogen and oxygen atoms in total. The van der Waals surface area contributed by atoms with Crippen molar-refractivity contribution in [2.75, 3.05) is 30.5 Å². The fraction of sp³-hybridized carbons (Fsp3) is 0.565. The maximum atomic E-state index is 5.91. The molecule has 1 heterocycles. The van der Waals surface area contributed by atoms with Crippen LogP contribution in [0.3, 0.4) is 0 Å². The minimum atomic E-state index is 0.0426. The first-order valence-corrected chi connectivity index (χ1v) is 19.7. The fourth-order valence-electron chi connectivity index (χ4n) is 9.11. The highest BCUT2D eigenvalue weighted by atomic mass is 16.5. The Bertz CT molecular complexity index is 1600. The van der Waals surface area contributed by atoms with Gasteiger partial charge < -0.3 is 19.9 Å². The molecule has 0 bridgehead atoms. The number of hydrogen-bond acceptors (Lipinski definition) is 4. The van der Waals surface area contributed by atoms with E-state index in [4.69, 9.17) is 4.74 Å². The average molecular weight is 678 g/mol. The van der Waals surface area contributed by atoms with Gasteiger partial charge in [0.2, 0.25) is 0 Å². The minimum Gasteiger partial charge on any atom is -0.496 e. The third-order valence-electron chi connectivity index (χ3n) is 12.4. The summed E-state index contributed by atoms with van der Waals surface area (Å²) in [6.45, 7) is 26.2. The van der Waals surface area contributed by atoms with Crippen LogP contribution in [0.25, 0.3) is 11.1 Å². The van der Waals surface area contributed by atoms with Gasteiger partial charge in [-0.2, -0.15) is 0 Å². The molecule has 0 radical (unpaired) electrons. The van der Waals surface area contributed by atoms with E-state index in [1.54, 1.807) is 7.11 Å². The van der Waals surface area contributed by atoms with Crippen molar-refractivity contribution in [1.29, 1.82) is 0 Å². The van der Waals surface area contributed by atoms with Crippen molar-refractivity contribution in [3.8, 4) is 11.1 Å². The van der Waals surface area contributed by atoms with E-state index < -0.39 is 0 Å². The number of anilines is 2. The molecule has 2 aromatic rings. The summed E-state index contributed by atoms with van der Waals surface area (Å²) in [5, 5.41) is 3.53. The van der Waals surface area contributed by atoms with Gasteiger partial charge in [-0.15, -0.1) is 6.58 Å². The molecule has 0 spiro atoms. The van der Waals surface area contributed by atoms with E-state index in [9.17, 15) is 0 Å². The maximum absolute atomic E-state index is 5.91. The van der Waals surface area contributed by atoms with Crippen LogP contribution in [0.1, 0.15) is 129 Å². The van der Waals surface area contributed by atoms with Crippen molar-refractivity contribution >= 4 is 11.4 Å². The lowest BCUT2D eigenvalue weighted by Gasteiger charge is -2.43. The molecule has 0 amide bonds. The summed E-state index contributed by atoms with van der Waals surface area (Å²) in [4.78, 5) is 5.22. The maximum Gasteiger partial charge on any atom is 0.125 e. The predicted molar refractivity (Wildman–Crippen MR) is 217 cm³/mol. The van der Waals surface area contributed by atoms with Crippen LogP contribution in [0.15, 0.2) is 78.4 Å². The van der Waals surface area contributed by atoms with Crippen molar-refractivity contribution in [1.82, 2.24) is 5.32 Å². The number of methoxy groups -OCH3 is 1. The van der Waals surface area contributed by atoms with Gasteiger partial charge in [-0.25, -0.2) is 0 Å². The summed E-state index contributed by atoms with van der Waals surface area (Å²) in [5.41, 5.74) is 13.3. The molecule has 272 valence electrons. The van der Waals surface area contributed by atoms with Crippen molar-refractivity contribution in [2.45, 2.75) is 143 Å². The zero-order chi connectivity index (χ0) is 36.2. The van der Waals surface area contributed by atoms with E-state index in [1.807, 2.05) is 0 Å². The molecule has 5 rings (SSSR count). The third kappa shape index (κ3) is 7.90. The number of nitrogens with zero attached hydrogens (tertiary/aromatic N) is 2. The number of hydrogen-bond donors (Lipinski definition) is 1. The SMILES string of the molecule is C=CC1(c2ccc(-c3cc(CCC4=C(OC)C=C(CC)NC4=C)c(C)c(N(CC)C4CCCC(C)(C)C4)c3)cc2N(C)C(C)C)CCCCC1. The first kappa shape index (κ1) is 37.8. The van der Waals surface area contributed by atoms with Crippen molar-refractivity contribution in [3.63, 3.8) is 0 Å². The zero-order valence-electron chi connectivity index (χ0n) is 33.1. The van der Waals surface area contributed by atoms with E-state index in [2.05, 4.69) is 126 Å². The topological polar surface area (TPSA) is 27.7 Å². The van der Waals surface area contributed by atoms with Gasteiger partial charge in [-0.3, -0.25) is 0 Å². The summed E-state index contributed by atoms with van der Waals surface area (Å²) in [6.07, 6.45) is 18.5. The van der Waals surface area contributed by atoms with E-state index in [1.165, 1.54) is 103 Å². The number of rotatable bonds is 13. The molecule has 1 aliphatic heterocycles. The van der Waals surface area contributed by atoms with E-state index in [0.29, 0.717) is 17.5 Å². The molecule has 1 atom stereocenters. The minimum absolute atomic E-state index is 0.0426. The molecular formula is C46H67N3O. The monoisotopic (exact) mass is 678 g/mol. The van der Waals surface area contributed by atoms with E-state index in [-0.39, 0.29) is 5.41 Å². The normalized spacial score (nSPS) is 20.3. The molecule has 1 N–H and O–H groups in total. The molecule has 1 unspecified atom stereocenters. The Morgan fingerprint density at radius 1 is 0.980 bits per heavy atom. The van der Waals surface area contributed by atoms with Crippen molar-refractivity contribution in [3.05, 3.63) is 95.1 Å². The molecule has 2 aromatic carbocycles. The van der Waals surface area contributed by atoms with Crippen molar-refractivity contribution in [2.24, 2.45) is 5.41 Å². The standard InChI is InChI=1S/C46H67N3O/c1-12-38-30-44(50-11)40(34(7)47-38)22-20-35-27-37(29-42(33(35)6)49(14-3)39-19-18-24-45(8,9)31-39)36-21-23-41(43(28-36)48(10)32(4)5)46(13-2)25-16-15-17-26-46/h13,21,23,27-30,32,39,47H,2,7,12,14-20,22,24-26,31H2,1,3-6,8-11H3. The second-order valence-corrected chi connectivity index (χ2v) is 16.5. The van der Waals surface area contributed by atoms with Gasteiger partial charge >= 0.3 is 0 Å². The quantitative estimate of drug-likeness (QED) is 0.214. The summed E-state index contributed by atoms with van der Waals surface area (Å²) in [5.74, 6) is 0.940. The number of nitrogens with one attached hydrogen (secondary N) is 1. The smallest absolute Gasteiger partial charge is 0.125 e. The Morgan fingerprint density at radius 2 is 1.70 bits per heavy atom. The van der Waals surface area contributed by atoms with Gasteiger partial charge in [0.25, 0.3) is 0 Å².